The van der Waals surface area contributed by atoms with Gasteiger partial charge in [-0.25, -0.2) is 0 Å². The maximum atomic E-state index is 9.98. The van der Waals surface area contributed by atoms with Crippen LogP contribution in [0.5, 0.6) is 11.5 Å². The van der Waals surface area contributed by atoms with Crippen LogP contribution in [0.3, 0.4) is 0 Å². The minimum absolute atomic E-state index is 0. The number of rotatable bonds is 3. The topological polar surface area (TPSA) is 86.7 Å². The second-order valence-electron chi connectivity index (χ2n) is 4.46. The zero-order valence-corrected chi connectivity index (χ0v) is 10.2. The highest BCUT2D eigenvalue weighted by atomic mass is 35.5. The number of nitrogens with two attached hydrogens (primary N) is 1. The number of hydrogen-bond acceptors (Lipinski definition) is 4. The number of halogens is 1. The van der Waals surface area contributed by atoms with Gasteiger partial charge in [0.15, 0.2) is 11.5 Å². The largest absolute Gasteiger partial charge is 0.504 e. The van der Waals surface area contributed by atoms with Gasteiger partial charge in [0.2, 0.25) is 0 Å². The highest BCUT2D eigenvalue weighted by Crippen LogP contribution is 2.35. The third-order valence-corrected chi connectivity index (χ3v) is 3.39. The van der Waals surface area contributed by atoms with Gasteiger partial charge in [-0.3, -0.25) is 0 Å². The lowest BCUT2D eigenvalue weighted by molar-refractivity contribution is 0.0413. The highest BCUT2D eigenvalue weighted by Gasteiger charge is 2.30. The Bertz CT molecular complexity index is 382. The fourth-order valence-electron chi connectivity index (χ4n) is 2.02. The van der Waals surface area contributed by atoms with Crippen LogP contribution in [0.4, 0.5) is 0 Å². The average molecular weight is 260 g/mol. The molecule has 5 heteroatoms. The van der Waals surface area contributed by atoms with E-state index >= 15 is 0 Å². The number of aliphatic hydroxyl groups excluding tert-OH is 1. The smallest absolute Gasteiger partial charge is 0.157 e. The maximum absolute atomic E-state index is 9.98. The van der Waals surface area contributed by atoms with E-state index in [1.807, 2.05) is 0 Å². The molecule has 0 unspecified atom stereocenters. The molecule has 96 valence electrons. The summed E-state index contributed by atoms with van der Waals surface area (Å²) in [4.78, 5) is 0. The number of aromatic hydroxyl groups is 2. The van der Waals surface area contributed by atoms with Crippen molar-refractivity contribution in [1.82, 2.24) is 0 Å². The fourth-order valence-corrected chi connectivity index (χ4v) is 2.02. The van der Waals surface area contributed by atoms with E-state index in [1.165, 1.54) is 12.1 Å². The molecule has 2 atom stereocenters. The van der Waals surface area contributed by atoms with Crippen LogP contribution in [-0.4, -0.2) is 21.4 Å². The van der Waals surface area contributed by atoms with E-state index in [4.69, 9.17) is 5.73 Å². The first-order valence-electron chi connectivity index (χ1n) is 5.55. The Morgan fingerprint density at radius 1 is 1.18 bits per heavy atom. The number of aliphatic hydroxyl groups is 1. The van der Waals surface area contributed by atoms with Crippen LogP contribution in [0, 0.1) is 5.92 Å². The summed E-state index contributed by atoms with van der Waals surface area (Å²) in [6.45, 7) is 0. The van der Waals surface area contributed by atoms with E-state index in [0.29, 0.717) is 5.56 Å². The van der Waals surface area contributed by atoms with E-state index in [1.54, 1.807) is 6.07 Å². The maximum Gasteiger partial charge on any atom is 0.157 e. The number of hydrogen-bond donors (Lipinski definition) is 4. The van der Waals surface area contributed by atoms with Crippen molar-refractivity contribution in [2.45, 2.75) is 31.4 Å². The van der Waals surface area contributed by atoms with Crippen molar-refractivity contribution in [1.29, 1.82) is 0 Å². The van der Waals surface area contributed by atoms with Gasteiger partial charge in [-0.05, 0) is 36.5 Å². The first kappa shape index (κ1) is 14.1. The summed E-state index contributed by atoms with van der Waals surface area (Å²) in [7, 11) is 0. The molecule has 1 aromatic carbocycles. The minimum Gasteiger partial charge on any atom is -0.504 e. The molecule has 0 aromatic heterocycles. The summed E-state index contributed by atoms with van der Waals surface area (Å²) in [5, 5.41) is 28.5. The lowest BCUT2D eigenvalue weighted by Gasteiger charge is -2.33. The second-order valence-corrected chi connectivity index (χ2v) is 4.46. The van der Waals surface area contributed by atoms with Crippen molar-refractivity contribution < 1.29 is 15.3 Å². The summed E-state index contributed by atoms with van der Waals surface area (Å²) in [6.07, 6.45) is 2.60. The second kappa shape index (κ2) is 5.58. The van der Waals surface area contributed by atoms with Crippen LogP contribution >= 0.6 is 12.4 Å². The summed E-state index contributed by atoms with van der Waals surface area (Å²) in [5.41, 5.74) is 6.57. The lowest BCUT2D eigenvalue weighted by Crippen LogP contribution is -2.36. The molecular formula is C12H18ClNO3. The Kier molecular flexibility index (Phi) is 4.62. The monoisotopic (exact) mass is 259 g/mol. The van der Waals surface area contributed by atoms with E-state index < -0.39 is 12.1 Å². The average Bonchev–Trinajstić information content (AvgIpc) is 2.18. The van der Waals surface area contributed by atoms with Crippen molar-refractivity contribution in [3.05, 3.63) is 23.8 Å². The van der Waals surface area contributed by atoms with E-state index in [0.717, 1.165) is 19.3 Å². The number of phenols is 2. The Labute approximate surface area is 106 Å². The number of phenolic OH excluding ortho intramolecular Hbond substituents is 2. The molecule has 0 radical (unpaired) electrons. The Morgan fingerprint density at radius 3 is 2.29 bits per heavy atom. The van der Waals surface area contributed by atoms with E-state index in [2.05, 4.69) is 0 Å². The summed E-state index contributed by atoms with van der Waals surface area (Å²) >= 11 is 0. The molecule has 0 amide bonds. The molecule has 0 bridgehead atoms. The third kappa shape index (κ3) is 2.83. The van der Waals surface area contributed by atoms with Gasteiger partial charge in [0.1, 0.15) is 0 Å². The summed E-state index contributed by atoms with van der Waals surface area (Å²) in [6, 6.07) is 3.92. The molecule has 1 aliphatic carbocycles. The predicted molar refractivity (Wildman–Crippen MR) is 67.3 cm³/mol. The van der Waals surface area contributed by atoms with Gasteiger partial charge in [-0.15, -0.1) is 12.4 Å². The summed E-state index contributed by atoms with van der Waals surface area (Å²) < 4.78 is 0. The molecule has 1 saturated carbocycles. The van der Waals surface area contributed by atoms with Crippen LogP contribution < -0.4 is 5.73 Å². The zero-order valence-electron chi connectivity index (χ0n) is 9.41. The van der Waals surface area contributed by atoms with Gasteiger partial charge in [0, 0.05) is 0 Å². The normalized spacial score (nSPS) is 18.9. The molecule has 5 N–H and O–H groups in total. The molecule has 0 spiro atoms. The van der Waals surface area contributed by atoms with E-state index in [9.17, 15) is 15.3 Å². The van der Waals surface area contributed by atoms with E-state index in [-0.39, 0.29) is 29.8 Å². The van der Waals surface area contributed by atoms with Crippen LogP contribution in [0.1, 0.15) is 30.9 Å². The van der Waals surface area contributed by atoms with Crippen LogP contribution in [-0.2, 0) is 0 Å². The molecule has 0 saturated heterocycles. The van der Waals surface area contributed by atoms with Crippen LogP contribution in [0.2, 0.25) is 0 Å². The van der Waals surface area contributed by atoms with Crippen molar-refractivity contribution in [3.8, 4) is 11.5 Å². The van der Waals surface area contributed by atoms with Crippen molar-refractivity contribution in [2.75, 3.05) is 0 Å². The quantitative estimate of drug-likeness (QED) is 0.622. The molecule has 0 aliphatic heterocycles. The Hall–Kier alpha value is -0.970. The SMILES string of the molecule is Cl.N[C@@H](c1ccc(O)c(O)c1)[C@H](O)C1CCC1. The molecule has 0 heterocycles. The van der Waals surface area contributed by atoms with Crippen molar-refractivity contribution in [3.63, 3.8) is 0 Å². The molecule has 1 fully saturated rings. The van der Waals surface area contributed by atoms with Gasteiger partial charge in [0.25, 0.3) is 0 Å². The molecule has 1 aromatic rings. The van der Waals surface area contributed by atoms with Gasteiger partial charge >= 0.3 is 0 Å². The van der Waals surface area contributed by atoms with Crippen LogP contribution in [0.25, 0.3) is 0 Å². The molecule has 2 rings (SSSR count). The Balaban J connectivity index is 0.00000144. The van der Waals surface area contributed by atoms with Crippen molar-refractivity contribution in [2.24, 2.45) is 11.7 Å². The van der Waals surface area contributed by atoms with Crippen molar-refractivity contribution >= 4 is 12.4 Å². The standard InChI is InChI=1S/C12H17NO3.ClH/c13-11(12(16)7-2-1-3-7)8-4-5-9(14)10(15)6-8;/h4-7,11-12,14-16H,1-3,13H2;1H/t11-,12+;/m0./s1. The zero-order chi connectivity index (χ0) is 11.7. The van der Waals surface area contributed by atoms with Gasteiger partial charge in [0.05, 0.1) is 12.1 Å². The number of benzene rings is 1. The predicted octanol–water partition coefficient (Wildman–Crippen LogP) is 1.68. The van der Waals surface area contributed by atoms with Gasteiger partial charge in [-0.2, -0.15) is 0 Å². The minimum atomic E-state index is -0.572. The first-order chi connectivity index (χ1) is 7.59. The molecule has 1 aliphatic rings. The molecular weight excluding hydrogens is 242 g/mol. The third-order valence-electron chi connectivity index (χ3n) is 3.39. The fraction of sp³-hybridized carbons (Fsp3) is 0.500. The molecule has 4 nitrogen and oxygen atoms in total. The molecule has 17 heavy (non-hydrogen) atoms. The summed E-state index contributed by atoms with van der Waals surface area (Å²) in [5.74, 6) is -0.103. The van der Waals surface area contributed by atoms with Gasteiger partial charge < -0.3 is 21.1 Å². The highest BCUT2D eigenvalue weighted by molar-refractivity contribution is 5.85. The first-order valence-corrected chi connectivity index (χ1v) is 5.55. The van der Waals surface area contributed by atoms with Crippen LogP contribution in [0.15, 0.2) is 18.2 Å². The van der Waals surface area contributed by atoms with Gasteiger partial charge in [-0.1, -0.05) is 12.5 Å². The Morgan fingerprint density at radius 2 is 1.82 bits per heavy atom. The lowest BCUT2D eigenvalue weighted by atomic mass is 9.77.